The van der Waals surface area contributed by atoms with Crippen LogP contribution in [0.15, 0.2) is 48.5 Å². The first-order chi connectivity index (χ1) is 12.2. The predicted molar refractivity (Wildman–Crippen MR) is 104 cm³/mol. The quantitative estimate of drug-likeness (QED) is 0.558. The number of hydrogen-bond donors (Lipinski definition) is 1. The molecule has 0 bridgehead atoms. The normalized spacial score (nSPS) is 10.5. The Balaban J connectivity index is 0.00000196. The molecule has 2 aromatic carbocycles. The predicted octanol–water partition coefficient (Wildman–Crippen LogP) is 3.66. The van der Waals surface area contributed by atoms with Crippen molar-refractivity contribution in [3.8, 4) is 11.4 Å². The maximum atomic E-state index is 12.2. The first-order valence-corrected chi connectivity index (χ1v) is 8.56. The van der Waals surface area contributed by atoms with Crippen molar-refractivity contribution in [2.75, 3.05) is 5.32 Å². The number of aromatic nitrogens is 5. The van der Waals surface area contributed by atoms with Crippen molar-refractivity contribution >= 4 is 56.6 Å². The molecule has 0 aliphatic carbocycles. The number of nitrogens with zero attached hydrogens (tertiary/aromatic N) is 5. The molecule has 1 N–H and O–H groups in total. The number of benzene rings is 2. The monoisotopic (exact) mass is 406 g/mol. The van der Waals surface area contributed by atoms with E-state index in [0.29, 0.717) is 16.0 Å². The van der Waals surface area contributed by atoms with Gasteiger partial charge >= 0.3 is 0 Å². The van der Waals surface area contributed by atoms with Gasteiger partial charge in [0.25, 0.3) is 0 Å². The highest BCUT2D eigenvalue weighted by molar-refractivity contribution is 7.22. The number of fused-ring (bicyclic) bond motifs is 1. The highest BCUT2D eigenvalue weighted by Crippen LogP contribution is 2.28. The van der Waals surface area contributed by atoms with E-state index in [-0.39, 0.29) is 24.9 Å². The largest absolute Gasteiger partial charge is 0.300 e. The molecule has 26 heavy (non-hydrogen) atoms. The standard InChI is InChI=1S/C16H11ClN6OS.ClH/c17-11-6-7-12-13(8-11)25-16(18-12)19-14(24)9-23-21-15(20-22-23)10-4-2-1-3-5-10;/h1-8H,9H2,(H,18,19,24);1H. The van der Waals surface area contributed by atoms with Gasteiger partial charge in [-0.3, -0.25) is 4.79 Å². The van der Waals surface area contributed by atoms with Crippen LogP contribution in [-0.2, 0) is 11.3 Å². The number of carbonyl (C=O) groups excluding carboxylic acids is 1. The number of anilines is 1. The fourth-order valence-electron chi connectivity index (χ4n) is 2.25. The van der Waals surface area contributed by atoms with Gasteiger partial charge in [-0.1, -0.05) is 53.3 Å². The van der Waals surface area contributed by atoms with Crippen molar-refractivity contribution in [1.29, 1.82) is 0 Å². The highest BCUT2D eigenvalue weighted by Gasteiger charge is 2.11. The van der Waals surface area contributed by atoms with E-state index < -0.39 is 0 Å². The van der Waals surface area contributed by atoms with Gasteiger partial charge in [-0.05, 0) is 23.4 Å². The summed E-state index contributed by atoms with van der Waals surface area (Å²) in [6.45, 7) is -0.0451. The molecule has 10 heteroatoms. The van der Waals surface area contributed by atoms with E-state index in [1.165, 1.54) is 16.1 Å². The van der Waals surface area contributed by atoms with Gasteiger partial charge in [0, 0.05) is 10.6 Å². The Kier molecular flexibility index (Phi) is 5.46. The smallest absolute Gasteiger partial charge is 0.249 e. The van der Waals surface area contributed by atoms with Crippen LogP contribution < -0.4 is 5.32 Å². The maximum Gasteiger partial charge on any atom is 0.249 e. The number of halogens is 2. The molecule has 2 aromatic heterocycles. The summed E-state index contributed by atoms with van der Waals surface area (Å²) in [4.78, 5) is 17.8. The van der Waals surface area contributed by atoms with E-state index >= 15 is 0 Å². The van der Waals surface area contributed by atoms with Crippen LogP contribution in [0, 0.1) is 0 Å². The molecule has 0 aliphatic heterocycles. The number of carbonyl (C=O) groups is 1. The fourth-order valence-corrected chi connectivity index (χ4v) is 3.41. The minimum absolute atomic E-state index is 0. The summed E-state index contributed by atoms with van der Waals surface area (Å²) in [6, 6.07) is 14.8. The van der Waals surface area contributed by atoms with Crippen molar-refractivity contribution in [3.63, 3.8) is 0 Å². The van der Waals surface area contributed by atoms with Crippen LogP contribution in [0.1, 0.15) is 0 Å². The maximum absolute atomic E-state index is 12.2. The molecule has 7 nitrogen and oxygen atoms in total. The Bertz CT molecular complexity index is 1050. The summed E-state index contributed by atoms with van der Waals surface area (Å²) >= 11 is 7.32. The zero-order valence-corrected chi connectivity index (χ0v) is 15.6. The zero-order chi connectivity index (χ0) is 17.2. The molecular weight excluding hydrogens is 395 g/mol. The zero-order valence-electron chi connectivity index (χ0n) is 13.2. The van der Waals surface area contributed by atoms with Gasteiger partial charge in [0.05, 0.1) is 10.2 Å². The molecule has 0 aliphatic rings. The average Bonchev–Trinajstić information content (AvgIpc) is 3.21. The Morgan fingerprint density at radius 2 is 2.00 bits per heavy atom. The van der Waals surface area contributed by atoms with Crippen LogP contribution in [0.4, 0.5) is 5.13 Å². The third-order valence-electron chi connectivity index (χ3n) is 3.37. The molecule has 4 aromatic rings. The Morgan fingerprint density at radius 1 is 1.19 bits per heavy atom. The molecular formula is C16H12Cl2N6OS. The lowest BCUT2D eigenvalue weighted by Gasteiger charge is -1.99. The van der Waals surface area contributed by atoms with Crippen LogP contribution in [-0.4, -0.2) is 31.1 Å². The van der Waals surface area contributed by atoms with Gasteiger partial charge in [0.1, 0.15) is 6.54 Å². The minimum Gasteiger partial charge on any atom is -0.300 e. The van der Waals surface area contributed by atoms with E-state index in [4.69, 9.17) is 11.6 Å². The number of nitrogens with one attached hydrogen (secondary N) is 1. The molecule has 0 saturated carbocycles. The average molecular weight is 407 g/mol. The third-order valence-corrected chi connectivity index (χ3v) is 4.54. The molecule has 2 heterocycles. The second-order valence-electron chi connectivity index (χ2n) is 5.19. The molecule has 0 saturated heterocycles. The second kappa shape index (κ2) is 7.77. The Labute approximate surface area is 163 Å². The first-order valence-electron chi connectivity index (χ1n) is 7.36. The van der Waals surface area contributed by atoms with Gasteiger partial charge in [-0.2, -0.15) is 4.80 Å². The molecule has 0 spiro atoms. The van der Waals surface area contributed by atoms with E-state index in [1.54, 1.807) is 6.07 Å². The number of thiazole rings is 1. The Hall–Kier alpha value is -2.55. The van der Waals surface area contributed by atoms with Gasteiger partial charge < -0.3 is 5.32 Å². The Morgan fingerprint density at radius 3 is 2.81 bits per heavy atom. The minimum atomic E-state index is -0.276. The van der Waals surface area contributed by atoms with Crippen LogP contribution in [0.3, 0.4) is 0 Å². The van der Waals surface area contributed by atoms with Crippen LogP contribution in [0.2, 0.25) is 5.02 Å². The third kappa shape index (κ3) is 3.98. The summed E-state index contributed by atoms with van der Waals surface area (Å²) in [5.74, 6) is 0.199. The molecule has 0 fully saturated rings. The van der Waals surface area contributed by atoms with Gasteiger partial charge in [-0.25, -0.2) is 4.98 Å². The van der Waals surface area contributed by atoms with Crippen molar-refractivity contribution in [2.24, 2.45) is 0 Å². The van der Waals surface area contributed by atoms with Crippen molar-refractivity contribution in [2.45, 2.75) is 6.54 Å². The fraction of sp³-hybridized carbons (Fsp3) is 0.0625. The number of hydrogen-bond acceptors (Lipinski definition) is 6. The topological polar surface area (TPSA) is 85.6 Å². The summed E-state index contributed by atoms with van der Waals surface area (Å²) in [6.07, 6.45) is 0. The summed E-state index contributed by atoms with van der Waals surface area (Å²) in [7, 11) is 0. The van der Waals surface area contributed by atoms with Crippen LogP contribution in [0.25, 0.3) is 21.6 Å². The lowest BCUT2D eigenvalue weighted by Crippen LogP contribution is -2.20. The van der Waals surface area contributed by atoms with Crippen molar-refractivity contribution in [3.05, 3.63) is 53.6 Å². The number of rotatable bonds is 4. The lowest BCUT2D eigenvalue weighted by atomic mass is 10.2. The van der Waals surface area contributed by atoms with Gasteiger partial charge in [0.15, 0.2) is 5.13 Å². The molecule has 0 unspecified atom stereocenters. The lowest BCUT2D eigenvalue weighted by molar-refractivity contribution is -0.117. The van der Waals surface area contributed by atoms with Crippen LogP contribution >= 0.6 is 35.3 Å². The van der Waals surface area contributed by atoms with Crippen LogP contribution in [0.5, 0.6) is 0 Å². The van der Waals surface area contributed by atoms with Crippen molar-refractivity contribution in [1.82, 2.24) is 25.2 Å². The van der Waals surface area contributed by atoms with E-state index in [1.807, 2.05) is 42.5 Å². The van der Waals surface area contributed by atoms with E-state index in [0.717, 1.165) is 15.8 Å². The van der Waals surface area contributed by atoms with Gasteiger partial charge in [0.2, 0.25) is 11.7 Å². The molecule has 4 rings (SSSR count). The highest BCUT2D eigenvalue weighted by atomic mass is 35.5. The molecule has 0 radical (unpaired) electrons. The number of amides is 1. The SMILES string of the molecule is Cl.O=C(Cn1nnc(-c2ccccc2)n1)Nc1nc2ccc(Cl)cc2s1. The summed E-state index contributed by atoms with van der Waals surface area (Å²) in [5, 5.41) is 16.0. The number of tetrazole rings is 1. The van der Waals surface area contributed by atoms with E-state index in [2.05, 4.69) is 25.7 Å². The molecule has 132 valence electrons. The molecule has 0 atom stereocenters. The summed E-state index contributed by atoms with van der Waals surface area (Å²) < 4.78 is 0.910. The van der Waals surface area contributed by atoms with Gasteiger partial charge in [-0.15, -0.1) is 22.6 Å². The summed E-state index contributed by atoms with van der Waals surface area (Å²) in [5.41, 5.74) is 1.63. The van der Waals surface area contributed by atoms with Crippen molar-refractivity contribution < 1.29 is 4.79 Å². The first kappa shape index (κ1) is 18.2. The second-order valence-corrected chi connectivity index (χ2v) is 6.66. The molecule has 1 amide bonds. The van der Waals surface area contributed by atoms with E-state index in [9.17, 15) is 4.79 Å².